The molecule has 0 rings (SSSR count). The highest BCUT2D eigenvalue weighted by Gasteiger charge is 2.13. The SMILES string of the molecule is CCOC(=O)CC(C=NC)CC(C)C. The third kappa shape index (κ3) is 6.63. The van der Waals surface area contributed by atoms with Gasteiger partial charge in [0.15, 0.2) is 0 Å². The third-order valence-electron chi connectivity index (χ3n) is 1.87. The van der Waals surface area contributed by atoms with Gasteiger partial charge in [0.25, 0.3) is 0 Å². The van der Waals surface area contributed by atoms with E-state index in [1.165, 1.54) is 0 Å². The monoisotopic (exact) mass is 199 g/mol. The number of ether oxygens (including phenoxy) is 1. The van der Waals surface area contributed by atoms with Gasteiger partial charge in [0.1, 0.15) is 0 Å². The van der Waals surface area contributed by atoms with Gasteiger partial charge < -0.3 is 9.73 Å². The number of rotatable bonds is 6. The summed E-state index contributed by atoms with van der Waals surface area (Å²) in [5.41, 5.74) is 0. The van der Waals surface area contributed by atoms with Crippen LogP contribution in [0, 0.1) is 11.8 Å². The molecular weight excluding hydrogens is 178 g/mol. The van der Waals surface area contributed by atoms with Crippen molar-refractivity contribution in [1.82, 2.24) is 0 Å². The van der Waals surface area contributed by atoms with Crippen molar-refractivity contribution < 1.29 is 9.53 Å². The van der Waals surface area contributed by atoms with Gasteiger partial charge in [-0.3, -0.25) is 4.79 Å². The quantitative estimate of drug-likeness (QED) is 0.486. The molecule has 0 fully saturated rings. The van der Waals surface area contributed by atoms with E-state index in [0.29, 0.717) is 18.9 Å². The molecule has 0 saturated carbocycles. The minimum Gasteiger partial charge on any atom is -0.466 e. The van der Waals surface area contributed by atoms with E-state index in [2.05, 4.69) is 18.8 Å². The summed E-state index contributed by atoms with van der Waals surface area (Å²) in [6.45, 7) is 6.56. The Hall–Kier alpha value is -0.860. The van der Waals surface area contributed by atoms with E-state index < -0.39 is 0 Å². The van der Waals surface area contributed by atoms with Gasteiger partial charge in [-0.2, -0.15) is 0 Å². The molecule has 0 amide bonds. The van der Waals surface area contributed by atoms with Gasteiger partial charge in [0.05, 0.1) is 13.0 Å². The Morgan fingerprint density at radius 3 is 2.57 bits per heavy atom. The second-order valence-corrected chi connectivity index (χ2v) is 3.81. The van der Waals surface area contributed by atoms with Crippen LogP contribution in [0.15, 0.2) is 4.99 Å². The summed E-state index contributed by atoms with van der Waals surface area (Å²) in [7, 11) is 1.73. The molecule has 3 heteroatoms. The Kier molecular flexibility index (Phi) is 7.07. The summed E-state index contributed by atoms with van der Waals surface area (Å²) in [4.78, 5) is 15.2. The standard InChI is InChI=1S/C11H21NO2/c1-5-14-11(13)7-10(8-12-4)6-9(2)3/h8-10H,5-7H2,1-4H3. The third-order valence-corrected chi connectivity index (χ3v) is 1.87. The van der Waals surface area contributed by atoms with Crippen LogP contribution < -0.4 is 0 Å². The predicted octanol–water partition coefficient (Wildman–Crippen LogP) is 2.30. The summed E-state index contributed by atoms with van der Waals surface area (Å²) in [6, 6.07) is 0. The molecule has 0 aromatic heterocycles. The summed E-state index contributed by atoms with van der Waals surface area (Å²) in [5.74, 6) is 0.671. The Morgan fingerprint density at radius 1 is 1.50 bits per heavy atom. The van der Waals surface area contributed by atoms with Crippen LogP contribution >= 0.6 is 0 Å². The summed E-state index contributed by atoms with van der Waals surface area (Å²) >= 11 is 0. The van der Waals surface area contributed by atoms with Crippen molar-refractivity contribution in [3.05, 3.63) is 0 Å². The zero-order valence-corrected chi connectivity index (χ0v) is 9.62. The lowest BCUT2D eigenvalue weighted by atomic mass is 9.95. The maximum atomic E-state index is 11.2. The average molecular weight is 199 g/mol. The van der Waals surface area contributed by atoms with E-state index in [-0.39, 0.29) is 11.9 Å². The van der Waals surface area contributed by atoms with Crippen LogP contribution in [0.3, 0.4) is 0 Å². The number of nitrogens with zero attached hydrogens (tertiary/aromatic N) is 1. The van der Waals surface area contributed by atoms with Gasteiger partial charge in [0, 0.05) is 19.2 Å². The molecule has 0 heterocycles. The fraction of sp³-hybridized carbons (Fsp3) is 0.818. The van der Waals surface area contributed by atoms with Crippen LogP contribution in [-0.2, 0) is 9.53 Å². The summed E-state index contributed by atoms with van der Waals surface area (Å²) in [5, 5.41) is 0. The van der Waals surface area contributed by atoms with Gasteiger partial charge in [-0.15, -0.1) is 0 Å². The van der Waals surface area contributed by atoms with Crippen LogP contribution in [0.25, 0.3) is 0 Å². The van der Waals surface area contributed by atoms with Gasteiger partial charge in [0.2, 0.25) is 0 Å². The van der Waals surface area contributed by atoms with Crippen molar-refractivity contribution in [1.29, 1.82) is 0 Å². The first-order chi connectivity index (χ1) is 6.60. The molecule has 1 atom stereocenters. The van der Waals surface area contributed by atoms with Crippen LogP contribution in [0.2, 0.25) is 0 Å². The van der Waals surface area contributed by atoms with Crippen molar-refractivity contribution in [3.63, 3.8) is 0 Å². The van der Waals surface area contributed by atoms with E-state index >= 15 is 0 Å². The number of carbonyl (C=O) groups excluding carboxylic acids is 1. The van der Waals surface area contributed by atoms with Crippen molar-refractivity contribution in [2.45, 2.75) is 33.6 Å². The fourth-order valence-corrected chi connectivity index (χ4v) is 1.45. The molecule has 0 aliphatic carbocycles. The lowest BCUT2D eigenvalue weighted by molar-refractivity contribution is -0.143. The number of carbonyl (C=O) groups is 1. The Balaban J connectivity index is 4.01. The minimum absolute atomic E-state index is 0.127. The first-order valence-corrected chi connectivity index (χ1v) is 5.18. The first kappa shape index (κ1) is 13.1. The van der Waals surface area contributed by atoms with Crippen LogP contribution in [0.1, 0.15) is 33.6 Å². The van der Waals surface area contributed by atoms with E-state index in [1.54, 1.807) is 7.05 Å². The largest absolute Gasteiger partial charge is 0.466 e. The summed E-state index contributed by atoms with van der Waals surface area (Å²) in [6.07, 6.45) is 3.27. The number of hydrogen-bond acceptors (Lipinski definition) is 3. The molecule has 0 radical (unpaired) electrons. The van der Waals surface area contributed by atoms with Gasteiger partial charge >= 0.3 is 5.97 Å². The van der Waals surface area contributed by atoms with Crippen LogP contribution in [0.4, 0.5) is 0 Å². The number of aliphatic imine (C=N–C) groups is 1. The lowest BCUT2D eigenvalue weighted by Crippen LogP contribution is -2.14. The van der Waals surface area contributed by atoms with Gasteiger partial charge in [-0.05, 0) is 19.3 Å². The highest BCUT2D eigenvalue weighted by molar-refractivity contribution is 5.75. The second-order valence-electron chi connectivity index (χ2n) is 3.81. The number of hydrogen-bond donors (Lipinski definition) is 0. The van der Waals surface area contributed by atoms with Crippen LogP contribution in [-0.4, -0.2) is 25.8 Å². The zero-order chi connectivity index (χ0) is 11.0. The smallest absolute Gasteiger partial charge is 0.306 e. The molecule has 0 bridgehead atoms. The normalized spacial score (nSPS) is 13.5. The van der Waals surface area contributed by atoms with Gasteiger partial charge in [-0.1, -0.05) is 13.8 Å². The predicted molar refractivity (Wildman–Crippen MR) is 58.6 cm³/mol. The second kappa shape index (κ2) is 7.54. The fourth-order valence-electron chi connectivity index (χ4n) is 1.45. The molecule has 0 N–H and O–H groups in total. The molecule has 0 aromatic carbocycles. The molecular formula is C11H21NO2. The minimum atomic E-state index is -0.127. The number of esters is 1. The Bertz CT molecular complexity index is 188. The lowest BCUT2D eigenvalue weighted by Gasteiger charge is -2.13. The van der Waals surface area contributed by atoms with E-state index in [1.807, 2.05) is 13.1 Å². The molecule has 3 nitrogen and oxygen atoms in total. The maximum Gasteiger partial charge on any atom is 0.306 e. The molecule has 0 aliphatic rings. The summed E-state index contributed by atoms with van der Waals surface area (Å²) < 4.78 is 4.90. The highest BCUT2D eigenvalue weighted by atomic mass is 16.5. The topological polar surface area (TPSA) is 38.7 Å². The van der Waals surface area contributed by atoms with Crippen LogP contribution in [0.5, 0.6) is 0 Å². The Morgan fingerprint density at radius 2 is 2.14 bits per heavy atom. The molecule has 0 saturated heterocycles. The van der Waals surface area contributed by atoms with E-state index in [4.69, 9.17) is 4.74 Å². The molecule has 82 valence electrons. The molecule has 14 heavy (non-hydrogen) atoms. The molecule has 0 spiro atoms. The first-order valence-electron chi connectivity index (χ1n) is 5.18. The van der Waals surface area contributed by atoms with E-state index in [0.717, 1.165) is 6.42 Å². The maximum absolute atomic E-state index is 11.2. The van der Waals surface area contributed by atoms with Gasteiger partial charge in [-0.25, -0.2) is 0 Å². The van der Waals surface area contributed by atoms with E-state index in [9.17, 15) is 4.79 Å². The highest BCUT2D eigenvalue weighted by Crippen LogP contribution is 2.14. The molecule has 0 aliphatic heterocycles. The molecule has 0 aromatic rings. The average Bonchev–Trinajstić information content (AvgIpc) is 2.03. The van der Waals surface area contributed by atoms with Crippen molar-refractivity contribution in [3.8, 4) is 0 Å². The Labute approximate surface area is 86.6 Å². The van der Waals surface area contributed by atoms with Crippen molar-refractivity contribution in [2.75, 3.05) is 13.7 Å². The zero-order valence-electron chi connectivity index (χ0n) is 9.62. The molecule has 1 unspecified atom stereocenters. The van der Waals surface area contributed by atoms with Crippen molar-refractivity contribution >= 4 is 12.2 Å². The van der Waals surface area contributed by atoms with Crippen molar-refractivity contribution in [2.24, 2.45) is 16.8 Å².